The fourth-order valence-electron chi connectivity index (χ4n) is 5.24. The fourth-order valence-corrected chi connectivity index (χ4v) is 9.87. The Labute approximate surface area is 264 Å². The van der Waals surface area contributed by atoms with E-state index in [1.54, 1.807) is 6.07 Å². The second kappa shape index (κ2) is 14.2. The van der Waals surface area contributed by atoms with E-state index in [0.717, 1.165) is 33.5 Å². The van der Waals surface area contributed by atoms with Crippen LogP contribution in [-0.4, -0.2) is 4.98 Å². The number of aromatic nitrogens is 1. The number of nitrogens with one attached hydrogen (secondary N) is 1. The molecule has 6 rings (SSSR count). The Morgan fingerprint density at radius 3 is 1.53 bits per heavy atom. The molecular formula is C38H31F3N2P2. The highest BCUT2D eigenvalue weighted by molar-refractivity contribution is 7.80. The predicted molar refractivity (Wildman–Crippen MR) is 184 cm³/mol. The zero-order valence-corrected chi connectivity index (χ0v) is 26.2. The van der Waals surface area contributed by atoms with Crippen LogP contribution < -0.4 is 31.8 Å². The van der Waals surface area contributed by atoms with Gasteiger partial charge in [-0.2, -0.15) is 13.2 Å². The summed E-state index contributed by atoms with van der Waals surface area (Å²) in [5, 5.41) is 8.88. The Hall–Kier alpha value is -4.30. The molecule has 0 aliphatic heterocycles. The molecule has 0 radical (unpaired) electrons. The Bertz CT molecular complexity index is 1740. The van der Waals surface area contributed by atoms with E-state index in [2.05, 4.69) is 53.8 Å². The van der Waals surface area contributed by atoms with Gasteiger partial charge in [0.15, 0.2) is 0 Å². The van der Waals surface area contributed by atoms with Gasteiger partial charge in [-0.3, -0.25) is 4.98 Å². The van der Waals surface area contributed by atoms with Gasteiger partial charge < -0.3 is 5.32 Å². The predicted octanol–water partition coefficient (Wildman–Crippen LogP) is 8.10. The zero-order chi connectivity index (χ0) is 31.1. The van der Waals surface area contributed by atoms with Gasteiger partial charge in [0.1, 0.15) is 0 Å². The summed E-state index contributed by atoms with van der Waals surface area (Å²) < 4.78 is 41.8. The number of rotatable bonds is 10. The summed E-state index contributed by atoms with van der Waals surface area (Å²) in [5.74, 6) is 0. The number of alkyl halides is 3. The van der Waals surface area contributed by atoms with E-state index in [0.29, 0.717) is 12.2 Å². The van der Waals surface area contributed by atoms with Gasteiger partial charge in [-0.1, -0.05) is 133 Å². The zero-order valence-electron chi connectivity index (χ0n) is 24.4. The molecule has 45 heavy (non-hydrogen) atoms. The molecule has 0 unspecified atom stereocenters. The van der Waals surface area contributed by atoms with Crippen molar-refractivity contribution in [1.29, 1.82) is 0 Å². The van der Waals surface area contributed by atoms with Crippen molar-refractivity contribution < 1.29 is 13.2 Å². The first-order valence-electron chi connectivity index (χ1n) is 14.6. The van der Waals surface area contributed by atoms with Crippen molar-refractivity contribution in [3.63, 3.8) is 0 Å². The Balaban J connectivity index is 1.32. The molecule has 0 saturated heterocycles. The van der Waals surface area contributed by atoms with Gasteiger partial charge in [-0.15, -0.1) is 0 Å². The smallest absolute Gasteiger partial charge is 0.379 e. The largest absolute Gasteiger partial charge is 0.416 e. The second-order valence-corrected chi connectivity index (χ2v) is 14.9. The van der Waals surface area contributed by atoms with Crippen LogP contribution >= 0.6 is 15.8 Å². The SMILES string of the molecule is FC(F)(F)c1ccc(P(c2ccccc2)c2ccccc2)c(NCc2cccc(CP(c3ccccc3)c3ccccc3)n2)c1. The van der Waals surface area contributed by atoms with E-state index in [1.807, 2.05) is 91.0 Å². The average Bonchev–Trinajstić information content (AvgIpc) is 3.08. The highest BCUT2D eigenvalue weighted by Gasteiger charge is 2.32. The molecule has 0 spiro atoms. The first-order valence-corrected chi connectivity index (χ1v) is 17.5. The lowest BCUT2D eigenvalue weighted by Gasteiger charge is -2.24. The summed E-state index contributed by atoms with van der Waals surface area (Å²) in [4.78, 5) is 4.98. The molecule has 0 aliphatic carbocycles. The van der Waals surface area contributed by atoms with Crippen LogP contribution in [0.25, 0.3) is 0 Å². The van der Waals surface area contributed by atoms with Crippen LogP contribution in [0.1, 0.15) is 17.0 Å². The molecule has 0 bridgehead atoms. The molecule has 1 N–H and O–H groups in total. The van der Waals surface area contributed by atoms with Crippen molar-refractivity contribution in [2.75, 3.05) is 5.32 Å². The number of benzene rings is 5. The molecular weight excluding hydrogens is 603 g/mol. The lowest BCUT2D eigenvalue weighted by atomic mass is 10.2. The molecule has 0 amide bonds. The van der Waals surface area contributed by atoms with Crippen molar-refractivity contribution in [1.82, 2.24) is 4.98 Å². The lowest BCUT2D eigenvalue weighted by molar-refractivity contribution is -0.137. The molecule has 6 aromatic rings. The minimum atomic E-state index is -4.46. The van der Waals surface area contributed by atoms with Crippen molar-refractivity contribution in [3.05, 3.63) is 175 Å². The van der Waals surface area contributed by atoms with E-state index < -0.39 is 27.6 Å². The van der Waals surface area contributed by atoms with E-state index in [1.165, 1.54) is 22.7 Å². The summed E-state index contributed by atoms with van der Waals surface area (Å²) in [7, 11) is -1.79. The third-order valence-corrected chi connectivity index (χ3v) is 12.4. The van der Waals surface area contributed by atoms with Crippen molar-refractivity contribution >= 4 is 48.1 Å². The maximum Gasteiger partial charge on any atom is 0.416 e. The molecule has 224 valence electrons. The van der Waals surface area contributed by atoms with Crippen LogP contribution in [0.2, 0.25) is 0 Å². The molecule has 0 saturated carbocycles. The van der Waals surface area contributed by atoms with Crippen molar-refractivity contribution in [3.8, 4) is 0 Å². The maximum absolute atomic E-state index is 13.9. The van der Waals surface area contributed by atoms with Crippen LogP contribution in [0.15, 0.2) is 158 Å². The summed E-state index contributed by atoms with van der Waals surface area (Å²) >= 11 is 0. The first kappa shape index (κ1) is 30.7. The Morgan fingerprint density at radius 1 is 0.533 bits per heavy atom. The Kier molecular flexibility index (Phi) is 9.69. The van der Waals surface area contributed by atoms with E-state index in [4.69, 9.17) is 4.98 Å². The summed E-state index contributed by atoms with van der Waals surface area (Å²) in [6.45, 7) is 0.295. The Morgan fingerprint density at radius 2 is 1.02 bits per heavy atom. The minimum absolute atomic E-state index is 0.295. The molecule has 0 aliphatic rings. The second-order valence-electron chi connectivity index (χ2n) is 10.5. The number of hydrogen-bond donors (Lipinski definition) is 1. The monoisotopic (exact) mass is 634 g/mol. The van der Waals surface area contributed by atoms with Crippen molar-refractivity contribution in [2.24, 2.45) is 0 Å². The topological polar surface area (TPSA) is 24.9 Å². The number of halogens is 3. The maximum atomic E-state index is 13.9. The lowest BCUT2D eigenvalue weighted by Crippen LogP contribution is -2.24. The van der Waals surface area contributed by atoms with E-state index in [-0.39, 0.29) is 0 Å². The number of anilines is 1. The minimum Gasteiger partial charge on any atom is -0.379 e. The highest BCUT2D eigenvalue weighted by atomic mass is 31.1. The third-order valence-electron chi connectivity index (χ3n) is 7.37. The number of hydrogen-bond acceptors (Lipinski definition) is 2. The first-order chi connectivity index (χ1) is 22.0. The van der Waals surface area contributed by atoms with Crippen LogP contribution in [0.5, 0.6) is 0 Å². The van der Waals surface area contributed by atoms with Gasteiger partial charge >= 0.3 is 6.18 Å². The number of pyridine rings is 1. The molecule has 2 nitrogen and oxygen atoms in total. The normalized spacial score (nSPS) is 11.6. The molecule has 7 heteroatoms. The molecule has 0 fully saturated rings. The van der Waals surface area contributed by atoms with Crippen LogP contribution in [0, 0.1) is 0 Å². The summed E-state index contributed by atoms with van der Waals surface area (Å²) in [6, 6.07) is 50.9. The molecule has 1 heterocycles. The van der Waals surface area contributed by atoms with Gasteiger partial charge in [0, 0.05) is 22.8 Å². The van der Waals surface area contributed by atoms with Gasteiger partial charge in [0.25, 0.3) is 0 Å². The van der Waals surface area contributed by atoms with E-state index >= 15 is 0 Å². The average molecular weight is 635 g/mol. The molecule has 1 aromatic heterocycles. The van der Waals surface area contributed by atoms with Gasteiger partial charge in [-0.25, -0.2) is 0 Å². The van der Waals surface area contributed by atoms with Gasteiger partial charge in [0.2, 0.25) is 0 Å². The molecule has 0 atom stereocenters. The van der Waals surface area contributed by atoms with E-state index in [9.17, 15) is 13.2 Å². The molecule has 5 aromatic carbocycles. The highest BCUT2D eigenvalue weighted by Crippen LogP contribution is 2.39. The van der Waals surface area contributed by atoms with Crippen LogP contribution in [0.4, 0.5) is 18.9 Å². The fraction of sp³-hybridized carbons (Fsp3) is 0.0789. The standard InChI is InChI=1S/C38H31F3N2P2/c39-38(40,41)29-24-25-37(45(34-20-9-3-10-21-34)35-22-11-4-12-23-35)36(26-29)42-27-30-14-13-15-31(43-30)28-44(32-16-5-1-6-17-32)33-18-7-2-8-19-33/h1-26,42H,27-28H2. The number of nitrogens with zero attached hydrogens (tertiary/aromatic N) is 1. The van der Waals surface area contributed by atoms with Gasteiger partial charge in [-0.05, 0) is 61.3 Å². The summed E-state index contributed by atoms with van der Waals surface area (Å²) in [6.07, 6.45) is -3.69. The summed E-state index contributed by atoms with van der Waals surface area (Å²) in [5.41, 5.74) is 1.51. The van der Waals surface area contributed by atoms with Crippen LogP contribution in [0.3, 0.4) is 0 Å². The quantitative estimate of drug-likeness (QED) is 0.154. The van der Waals surface area contributed by atoms with Gasteiger partial charge in [0.05, 0.1) is 17.8 Å². The van der Waals surface area contributed by atoms with Crippen LogP contribution in [-0.2, 0) is 18.9 Å². The third kappa shape index (κ3) is 7.68. The van der Waals surface area contributed by atoms with Crippen molar-refractivity contribution in [2.45, 2.75) is 18.9 Å².